The summed E-state index contributed by atoms with van der Waals surface area (Å²) >= 11 is 1.56. The van der Waals surface area contributed by atoms with Crippen molar-refractivity contribution in [2.45, 2.75) is 51.4 Å². The molecule has 4 nitrogen and oxygen atoms in total. The zero-order valence-corrected chi connectivity index (χ0v) is 12.9. The Hall–Kier alpha value is -0.940. The lowest BCUT2D eigenvalue weighted by Gasteiger charge is -2.35. The molecule has 1 aromatic heterocycles. The molecule has 2 aliphatic rings. The molecule has 1 amide bonds. The summed E-state index contributed by atoms with van der Waals surface area (Å²) < 4.78 is 0. The van der Waals surface area contributed by atoms with E-state index in [1.54, 1.807) is 11.3 Å². The van der Waals surface area contributed by atoms with E-state index in [0.29, 0.717) is 5.92 Å². The van der Waals surface area contributed by atoms with E-state index in [1.165, 1.54) is 12.8 Å². The van der Waals surface area contributed by atoms with Gasteiger partial charge in [0.1, 0.15) is 0 Å². The minimum atomic E-state index is -0.238. The van der Waals surface area contributed by atoms with Crippen molar-refractivity contribution in [2.24, 2.45) is 5.41 Å². The molecule has 1 aliphatic carbocycles. The molecule has 1 unspecified atom stereocenters. The molecule has 0 aromatic carbocycles. The van der Waals surface area contributed by atoms with Crippen LogP contribution in [0.3, 0.4) is 0 Å². The van der Waals surface area contributed by atoms with Crippen molar-refractivity contribution in [3.8, 4) is 0 Å². The topological polar surface area (TPSA) is 54.0 Å². The number of hydrogen-bond donors (Lipinski definition) is 2. The Morgan fingerprint density at radius 1 is 1.60 bits per heavy atom. The second-order valence-electron chi connectivity index (χ2n) is 6.12. The first-order chi connectivity index (χ1) is 9.73. The Kier molecular flexibility index (Phi) is 4.08. The van der Waals surface area contributed by atoms with Gasteiger partial charge in [0.15, 0.2) is 5.13 Å². The fourth-order valence-electron chi connectivity index (χ4n) is 3.11. The first-order valence-corrected chi connectivity index (χ1v) is 8.59. The summed E-state index contributed by atoms with van der Waals surface area (Å²) in [6.45, 7) is 3.98. The van der Waals surface area contributed by atoms with Gasteiger partial charge in [-0.2, -0.15) is 0 Å². The number of piperidine rings is 1. The van der Waals surface area contributed by atoms with Gasteiger partial charge in [-0.15, -0.1) is 11.3 Å². The summed E-state index contributed by atoms with van der Waals surface area (Å²) in [6.07, 6.45) is 6.56. The van der Waals surface area contributed by atoms with Gasteiger partial charge in [0.2, 0.25) is 5.91 Å². The van der Waals surface area contributed by atoms with Crippen molar-refractivity contribution in [1.29, 1.82) is 0 Å². The van der Waals surface area contributed by atoms with E-state index in [-0.39, 0.29) is 11.3 Å². The van der Waals surface area contributed by atoms with Crippen molar-refractivity contribution < 1.29 is 4.79 Å². The monoisotopic (exact) mass is 293 g/mol. The summed E-state index contributed by atoms with van der Waals surface area (Å²) in [5.41, 5.74) is 0.926. The molecular weight excluding hydrogens is 270 g/mol. The number of thiazole rings is 1. The highest BCUT2D eigenvalue weighted by atomic mass is 32.1. The zero-order chi connectivity index (χ0) is 14.0. The Labute approximate surface area is 124 Å². The number of nitrogens with zero attached hydrogens (tertiary/aromatic N) is 1. The van der Waals surface area contributed by atoms with Gasteiger partial charge in [0.05, 0.1) is 11.1 Å². The molecule has 0 bridgehead atoms. The lowest BCUT2D eigenvalue weighted by atomic mass is 9.76. The van der Waals surface area contributed by atoms with Gasteiger partial charge in [-0.3, -0.25) is 4.79 Å². The van der Waals surface area contributed by atoms with E-state index in [4.69, 9.17) is 0 Å². The maximum atomic E-state index is 12.7. The van der Waals surface area contributed by atoms with Gasteiger partial charge in [-0.05, 0) is 38.6 Å². The summed E-state index contributed by atoms with van der Waals surface area (Å²) in [5.74, 6) is 0.807. The molecule has 2 heterocycles. The fourth-order valence-corrected chi connectivity index (χ4v) is 3.89. The van der Waals surface area contributed by atoms with Crippen molar-refractivity contribution in [3.05, 3.63) is 11.1 Å². The number of anilines is 1. The van der Waals surface area contributed by atoms with Crippen LogP contribution in [0.2, 0.25) is 0 Å². The normalized spacial score (nSPS) is 26.4. The van der Waals surface area contributed by atoms with E-state index in [9.17, 15) is 4.79 Å². The van der Waals surface area contributed by atoms with Crippen LogP contribution in [0.4, 0.5) is 5.13 Å². The van der Waals surface area contributed by atoms with Crippen molar-refractivity contribution in [3.63, 3.8) is 0 Å². The predicted octanol–water partition coefficient (Wildman–Crippen LogP) is 3.13. The van der Waals surface area contributed by atoms with Gasteiger partial charge in [0, 0.05) is 17.8 Å². The molecule has 5 heteroatoms. The average Bonchev–Trinajstić information content (AvgIpc) is 3.21. The molecule has 2 N–H and O–H groups in total. The van der Waals surface area contributed by atoms with Crippen LogP contribution in [-0.4, -0.2) is 24.0 Å². The third-order valence-corrected chi connectivity index (χ3v) is 5.20. The van der Waals surface area contributed by atoms with E-state index in [2.05, 4.69) is 27.9 Å². The molecule has 1 atom stereocenters. The Morgan fingerprint density at radius 2 is 2.45 bits per heavy atom. The molecule has 1 aromatic rings. The highest BCUT2D eigenvalue weighted by Crippen LogP contribution is 2.41. The first kappa shape index (κ1) is 14.0. The maximum Gasteiger partial charge on any atom is 0.233 e. The molecule has 1 aliphatic heterocycles. The molecule has 1 saturated heterocycles. The third kappa shape index (κ3) is 2.88. The van der Waals surface area contributed by atoms with Crippen molar-refractivity contribution in [2.75, 3.05) is 18.4 Å². The minimum absolute atomic E-state index is 0.156. The van der Waals surface area contributed by atoms with Gasteiger partial charge in [-0.1, -0.05) is 13.3 Å². The van der Waals surface area contributed by atoms with E-state index < -0.39 is 0 Å². The van der Waals surface area contributed by atoms with Gasteiger partial charge in [0.25, 0.3) is 0 Å². The fraction of sp³-hybridized carbons (Fsp3) is 0.733. The summed E-state index contributed by atoms with van der Waals surface area (Å²) in [5, 5.41) is 9.32. The number of hydrogen-bond acceptors (Lipinski definition) is 4. The second-order valence-corrected chi connectivity index (χ2v) is 6.97. The smallest absolute Gasteiger partial charge is 0.233 e. The SMILES string of the molecule is CCCC1(C(=O)Nc2nc(C3CC3)cs2)CCCNC1. The molecule has 1 saturated carbocycles. The lowest BCUT2D eigenvalue weighted by molar-refractivity contribution is -0.127. The van der Waals surface area contributed by atoms with Crippen LogP contribution in [0, 0.1) is 5.41 Å². The van der Waals surface area contributed by atoms with Crippen molar-refractivity contribution >= 4 is 22.4 Å². The minimum Gasteiger partial charge on any atom is -0.316 e. The second kappa shape index (κ2) is 5.82. The van der Waals surface area contributed by atoms with Crippen LogP contribution in [0.5, 0.6) is 0 Å². The van der Waals surface area contributed by atoms with E-state index in [0.717, 1.165) is 49.6 Å². The highest BCUT2D eigenvalue weighted by Gasteiger charge is 2.39. The van der Waals surface area contributed by atoms with Crippen LogP contribution in [0.25, 0.3) is 0 Å². The van der Waals surface area contributed by atoms with E-state index in [1.807, 2.05) is 0 Å². The van der Waals surface area contributed by atoms with Crippen LogP contribution < -0.4 is 10.6 Å². The average molecular weight is 293 g/mol. The van der Waals surface area contributed by atoms with E-state index >= 15 is 0 Å². The summed E-state index contributed by atoms with van der Waals surface area (Å²) in [4.78, 5) is 17.3. The van der Waals surface area contributed by atoms with Gasteiger partial charge >= 0.3 is 0 Å². The quantitative estimate of drug-likeness (QED) is 0.877. The summed E-state index contributed by atoms with van der Waals surface area (Å²) in [7, 11) is 0. The predicted molar refractivity (Wildman–Crippen MR) is 82.2 cm³/mol. The van der Waals surface area contributed by atoms with Gasteiger partial charge in [-0.25, -0.2) is 4.98 Å². The van der Waals surface area contributed by atoms with Crippen molar-refractivity contribution in [1.82, 2.24) is 10.3 Å². The number of amides is 1. The molecular formula is C15H23N3OS. The molecule has 0 spiro atoms. The summed E-state index contributed by atoms with van der Waals surface area (Å²) in [6, 6.07) is 0. The molecule has 20 heavy (non-hydrogen) atoms. The molecule has 110 valence electrons. The van der Waals surface area contributed by atoms with Gasteiger partial charge < -0.3 is 10.6 Å². The van der Waals surface area contributed by atoms with Crippen LogP contribution in [0.15, 0.2) is 5.38 Å². The Bertz CT molecular complexity index is 470. The molecule has 3 rings (SSSR count). The van der Waals surface area contributed by atoms with Crippen LogP contribution in [-0.2, 0) is 4.79 Å². The number of carbonyl (C=O) groups is 1. The molecule has 0 radical (unpaired) electrons. The maximum absolute atomic E-state index is 12.7. The van der Waals surface area contributed by atoms with Crippen LogP contribution in [0.1, 0.15) is 57.1 Å². The number of aromatic nitrogens is 1. The number of carbonyl (C=O) groups excluding carboxylic acids is 1. The largest absolute Gasteiger partial charge is 0.316 e. The zero-order valence-electron chi connectivity index (χ0n) is 12.1. The Morgan fingerprint density at radius 3 is 3.10 bits per heavy atom. The standard InChI is InChI=1S/C15H23N3OS/c1-2-6-15(7-3-8-16-10-15)13(19)18-14-17-12(9-20-14)11-4-5-11/h9,11,16H,2-8,10H2,1H3,(H,17,18,19). The first-order valence-electron chi connectivity index (χ1n) is 7.71. The molecule has 2 fully saturated rings. The number of nitrogens with one attached hydrogen (secondary N) is 2. The highest BCUT2D eigenvalue weighted by molar-refractivity contribution is 7.13. The Balaban J connectivity index is 1.68. The lowest BCUT2D eigenvalue weighted by Crippen LogP contribution is -2.48. The number of rotatable bonds is 5. The van der Waals surface area contributed by atoms with Crippen LogP contribution >= 0.6 is 11.3 Å². The third-order valence-electron chi connectivity index (χ3n) is 4.42.